The number of carbonyl (C=O) groups excluding carboxylic acids is 2. The van der Waals surface area contributed by atoms with Gasteiger partial charge in [0.05, 0.1) is 22.2 Å². The summed E-state index contributed by atoms with van der Waals surface area (Å²) in [6, 6.07) is 8.58. The summed E-state index contributed by atoms with van der Waals surface area (Å²) >= 11 is 6.43. The number of rotatable bonds is 3. The number of aromatic amines is 1. The van der Waals surface area contributed by atoms with E-state index in [1.54, 1.807) is 24.4 Å². The van der Waals surface area contributed by atoms with E-state index in [1.807, 2.05) is 0 Å². The molecule has 3 aromatic rings. The zero-order valence-electron chi connectivity index (χ0n) is 14.4. The van der Waals surface area contributed by atoms with Crippen LogP contribution in [-0.4, -0.2) is 21.3 Å². The maximum absolute atomic E-state index is 13.5. The Hall–Kier alpha value is -2.78. The molecule has 5 nitrogen and oxygen atoms in total. The van der Waals surface area contributed by atoms with Crippen molar-refractivity contribution in [2.24, 2.45) is 0 Å². The molecule has 0 spiro atoms. The molecule has 10 heteroatoms. The second kappa shape index (κ2) is 7.23. The van der Waals surface area contributed by atoms with Crippen molar-refractivity contribution >= 4 is 51.0 Å². The molecule has 1 saturated heterocycles. The fourth-order valence-corrected chi connectivity index (χ4v) is 4.07. The molecule has 2 amide bonds. The summed E-state index contributed by atoms with van der Waals surface area (Å²) in [5.41, 5.74) is 0.635. The molecule has 1 fully saturated rings. The van der Waals surface area contributed by atoms with Gasteiger partial charge in [-0.1, -0.05) is 23.7 Å². The lowest BCUT2D eigenvalue weighted by molar-refractivity contribution is -0.138. The lowest BCUT2D eigenvalue weighted by Gasteiger charge is -2.16. The quantitative estimate of drug-likeness (QED) is 0.554. The van der Waals surface area contributed by atoms with Gasteiger partial charge in [0.2, 0.25) is 0 Å². The molecule has 2 heterocycles. The predicted molar refractivity (Wildman–Crippen MR) is 104 cm³/mol. The third kappa shape index (κ3) is 3.88. The van der Waals surface area contributed by atoms with Gasteiger partial charge >= 0.3 is 6.18 Å². The van der Waals surface area contributed by atoms with E-state index in [4.69, 9.17) is 11.6 Å². The number of hydrogen-bond acceptors (Lipinski definition) is 4. The van der Waals surface area contributed by atoms with Crippen molar-refractivity contribution in [1.82, 2.24) is 15.5 Å². The number of carbonyl (C=O) groups is 2. The van der Waals surface area contributed by atoms with Crippen LogP contribution in [0.4, 0.5) is 18.0 Å². The second-order valence-corrected chi connectivity index (χ2v) is 7.72. The van der Waals surface area contributed by atoms with E-state index in [9.17, 15) is 22.8 Å². The van der Waals surface area contributed by atoms with Crippen LogP contribution in [0.1, 0.15) is 16.7 Å². The Labute approximate surface area is 171 Å². The number of thioether (sulfide) groups is 1. The highest BCUT2D eigenvalue weighted by atomic mass is 35.5. The molecular weight excluding hydrogens is 427 g/mol. The van der Waals surface area contributed by atoms with E-state index >= 15 is 0 Å². The molecule has 0 aliphatic carbocycles. The molecule has 0 unspecified atom stereocenters. The standard InChI is InChI=1S/C19H11ClF3N3O2S/c20-12-3-1-10(14(7-12)19(21,22)23)6-13(16-17(27)25-18(28)29-16)9-2-4-15-11(5-9)8-24-26-15/h1-5,7-8H,6H2,(H,24,26)(H,25,27,28). The van der Waals surface area contributed by atoms with Gasteiger partial charge in [-0.2, -0.15) is 18.3 Å². The summed E-state index contributed by atoms with van der Waals surface area (Å²) in [6.45, 7) is 0. The van der Waals surface area contributed by atoms with E-state index in [0.29, 0.717) is 22.9 Å². The Morgan fingerprint density at radius 2 is 1.93 bits per heavy atom. The molecule has 1 aromatic heterocycles. The third-order valence-electron chi connectivity index (χ3n) is 4.42. The van der Waals surface area contributed by atoms with Crippen LogP contribution in [0.5, 0.6) is 0 Å². The van der Waals surface area contributed by atoms with Gasteiger partial charge in [0.1, 0.15) is 0 Å². The molecule has 1 aliphatic heterocycles. The normalized spacial score (nSPS) is 16.4. The van der Waals surface area contributed by atoms with Gasteiger partial charge in [-0.15, -0.1) is 0 Å². The largest absolute Gasteiger partial charge is 0.416 e. The van der Waals surface area contributed by atoms with Crippen LogP contribution in [0.25, 0.3) is 16.5 Å². The number of fused-ring (bicyclic) bond motifs is 1. The average Bonchev–Trinajstić information content (AvgIpc) is 3.25. The Morgan fingerprint density at radius 3 is 2.62 bits per heavy atom. The summed E-state index contributed by atoms with van der Waals surface area (Å²) < 4.78 is 40.6. The lowest BCUT2D eigenvalue weighted by Crippen LogP contribution is -2.18. The SMILES string of the molecule is O=C1NC(=O)C(=C(Cc2ccc(Cl)cc2C(F)(F)F)c2ccc3[nH]ncc3c2)S1. The number of nitrogens with one attached hydrogen (secondary N) is 2. The number of allylic oxidation sites excluding steroid dienone is 1. The van der Waals surface area contributed by atoms with Crippen LogP contribution in [0.2, 0.25) is 5.02 Å². The van der Waals surface area contributed by atoms with Crippen molar-refractivity contribution in [1.29, 1.82) is 0 Å². The number of nitrogens with zero attached hydrogens (tertiary/aromatic N) is 1. The first-order valence-electron chi connectivity index (χ1n) is 8.28. The topological polar surface area (TPSA) is 74.8 Å². The molecule has 0 bridgehead atoms. The van der Waals surface area contributed by atoms with Crippen molar-refractivity contribution in [2.45, 2.75) is 12.6 Å². The molecule has 0 atom stereocenters. The second-order valence-electron chi connectivity index (χ2n) is 6.30. The first-order chi connectivity index (χ1) is 13.7. The number of benzene rings is 2. The summed E-state index contributed by atoms with van der Waals surface area (Å²) in [5.74, 6) is -0.634. The highest BCUT2D eigenvalue weighted by Gasteiger charge is 2.35. The van der Waals surface area contributed by atoms with E-state index in [1.165, 1.54) is 12.1 Å². The van der Waals surface area contributed by atoms with E-state index in [-0.39, 0.29) is 21.9 Å². The molecular formula is C19H11ClF3N3O2S. The van der Waals surface area contributed by atoms with Gasteiger partial charge in [0, 0.05) is 10.4 Å². The third-order valence-corrected chi connectivity index (χ3v) is 5.58. The maximum atomic E-state index is 13.5. The number of halogens is 4. The van der Waals surface area contributed by atoms with Gasteiger partial charge < -0.3 is 0 Å². The minimum Gasteiger partial charge on any atom is -0.282 e. The minimum atomic E-state index is -4.62. The molecule has 1 aliphatic rings. The van der Waals surface area contributed by atoms with E-state index in [0.717, 1.165) is 17.0 Å². The van der Waals surface area contributed by atoms with Gasteiger partial charge in [-0.25, -0.2) is 0 Å². The van der Waals surface area contributed by atoms with Crippen molar-refractivity contribution < 1.29 is 22.8 Å². The van der Waals surface area contributed by atoms with Crippen molar-refractivity contribution in [3.8, 4) is 0 Å². The van der Waals surface area contributed by atoms with Gasteiger partial charge in [0.25, 0.3) is 11.1 Å². The van der Waals surface area contributed by atoms with Crippen LogP contribution in [0.3, 0.4) is 0 Å². The molecule has 0 saturated carbocycles. The van der Waals surface area contributed by atoms with Gasteiger partial charge in [-0.3, -0.25) is 20.0 Å². The zero-order valence-corrected chi connectivity index (χ0v) is 16.0. The zero-order chi connectivity index (χ0) is 20.8. The summed E-state index contributed by atoms with van der Waals surface area (Å²) in [5, 5.41) is 8.98. The smallest absolute Gasteiger partial charge is 0.282 e. The maximum Gasteiger partial charge on any atom is 0.416 e. The van der Waals surface area contributed by atoms with Crippen molar-refractivity contribution in [3.63, 3.8) is 0 Å². The first-order valence-corrected chi connectivity index (χ1v) is 9.47. The molecule has 4 rings (SSSR count). The first kappa shape index (κ1) is 19.5. The molecule has 2 N–H and O–H groups in total. The lowest BCUT2D eigenvalue weighted by atomic mass is 9.93. The summed E-state index contributed by atoms with van der Waals surface area (Å²) in [4.78, 5) is 24.0. The van der Waals surface area contributed by atoms with Crippen molar-refractivity contribution in [3.05, 3.63) is 69.2 Å². The molecule has 0 radical (unpaired) electrons. The molecule has 2 aromatic carbocycles. The average molecular weight is 438 g/mol. The fraction of sp³-hybridized carbons (Fsp3) is 0.105. The Bertz CT molecular complexity index is 1190. The Kier molecular flexibility index (Phi) is 4.87. The highest BCUT2D eigenvalue weighted by molar-refractivity contribution is 8.18. The van der Waals surface area contributed by atoms with Crippen LogP contribution in [0.15, 0.2) is 47.5 Å². The number of amides is 2. The van der Waals surface area contributed by atoms with Crippen LogP contribution in [0, 0.1) is 0 Å². The minimum absolute atomic E-state index is 0.0433. The highest BCUT2D eigenvalue weighted by Crippen LogP contribution is 2.39. The number of H-pyrrole nitrogens is 1. The van der Waals surface area contributed by atoms with Crippen LogP contribution < -0.4 is 5.32 Å². The summed E-state index contributed by atoms with van der Waals surface area (Å²) in [6.07, 6.45) is -3.26. The number of aromatic nitrogens is 2. The van der Waals surface area contributed by atoms with Crippen molar-refractivity contribution in [2.75, 3.05) is 0 Å². The Morgan fingerprint density at radius 1 is 1.14 bits per heavy atom. The molecule has 148 valence electrons. The van der Waals surface area contributed by atoms with Gasteiger partial charge in [-0.05, 0) is 59.1 Å². The number of imide groups is 1. The fourth-order valence-electron chi connectivity index (χ4n) is 3.11. The Balaban J connectivity index is 1.88. The van der Waals surface area contributed by atoms with Crippen LogP contribution in [-0.2, 0) is 17.4 Å². The molecule has 29 heavy (non-hydrogen) atoms. The monoisotopic (exact) mass is 437 g/mol. The predicted octanol–water partition coefficient (Wildman–Crippen LogP) is 5.17. The van der Waals surface area contributed by atoms with Gasteiger partial charge in [0.15, 0.2) is 0 Å². The van der Waals surface area contributed by atoms with E-state index < -0.39 is 22.9 Å². The number of hydrogen-bond donors (Lipinski definition) is 2. The summed E-state index contributed by atoms with van der Waals surface area (Å²) in [7, 11) is 0. The van der Waals surface area contributed by atoms with E-state index in [2.05, 4.69) is 15.5 Å². The number of alkyl halides is 3. The van der Waals surface area contributed by atoms with Crippen LogP contribution >= 0.6 is 23.4 Å².